The van der Waals surface area contributed by atoms with E-state index in [0.717, 1.165) is 31.6 Å². The Bertz CT molecular complexity index is 893. The van der Waals surface area contributed by atoms with Crippen molar-refractivity contribution in [2.75, 3.05) is 30.3 Å². The number of carbonyl (C=O) groups is 2. The predicted octanol–water partition coefficient (Wildman–Crippen LogP) is 3.31. The Hall–Kier alpha value is -3.26. The maximum atomic E-state index is 12.2. The van der Waals surface area contributed by atoms with Gasteiger partial charge in [-0.1, -0.05) is 18.2 Å². The lowest BCUT2D eigenvalue weighted by Gasteiger charge is -2.32. The summed E-state index contributed by atoms with van der Waals surface area (Å²) in [6.07, 6.45) is 1.54. The lowest BCUT2D eigenvalue weighted by molar-refractivity contribution is -0.384. The molecule has 0 saturated carbocycles. The fourth-order valence-corrected chi connectivity index (χ4v) is 3.40. The Kier molecular flexibility index (Phi) is 6.56. The minimum absolute atomic E-state index is 0.0573. The van der Waals surface area contributed by atoms with Crippen molar-refractivity contribution in [2.45, 2.75) is 25.8 Å². The number of nitro groups is 1. The van der Waals surface area contributed by atoms with E-state index in [1.54, 1.807) is 12.1 Å². The Balaban J connectivity index is 1.53. The third-order valence-electron chi connectivity index (χ3n) is 4.97. The van der Waals surface area contributed by atoms with E-state index < -0.39 is 4.92 Å². The van der Waals surface area contributed by atoms with Gasteiger partial charge in [-0.15, -0.1) is 0 Å². The number of anilines is 2. The van der Waals surface area contributed by atoms with Crippen LogP contribution in [0.2, 0.25) is 0 Å². The molecule has 29 heavy (non-hydrogen) atoms. The van der Waals surface area contributed by atoms with Crippen molar-refractivity contribution in [3.8, 4) is 0 Å². The molecular formula is C21H24N4O4. The standard InChI is InChI=1S/C21H24N4O4/c1-15(26)16-7-8-19(20(13-16)25(28)29)22-18-9-11-24(12-10-18)14-21(27)23-17-5-3-2-4-6-17/h2-8,13,18,22H,9-12,14H2,1H3,(H,23,27). The number of hydrogen-bond donors (Lipinski definition) is 2. The van der Waals surface area contributed by atoms with Crippen molar-refractivity contribution < 1.29 is 14.5 Å². The Morgan fingerprint density at radius 3 is 2.45 bits per heavy atom. The van der Waals surface area contributed by atoms with Crippen LogP contribution in [0.5, 0.6) is 0 Å². The van der Waals surface area contributed by atoms with Crippen LogP contribution < -0.4 is 10.6 Å². The van der Waals surface area contributed by atoms with E-state index in [1.165, 1.54) is 13.0 Å². The second-order valence-electron chi connectivity index (χ2n) is 7.15. The number of benzene rings is 2. The first-order valence-corrected chi connectivity index (χ1v) is 9.55. The zero-order chi connectivity index (χ0) is 20.8. The normalized spacial score (nSPS) is 14.9. The molecule has 0 atom stereocenters. The van der Waals surface area contributed by atoms with E-state index >= 15 is 0 Å². The van der Waals surface area contributed by atoms with Gasteiger partial charge in [0.15, 0.2) is 5.78 Å². The number of nitrogens with zero attached hydrogens (tertiary/aromatic N) is 2. The van der Waals surface area contributed by atoms with Crippen LogP contribution in [-0.2, 0) is 4.79 Å². The largest absolute Gasteiger partial charge is 0.377 e. The predicted molar refractivity (Wildman–Crippen MR) is 111 cm³/mol. The molecule has 0 unspecified atom stereocenters. The van der Waals surface area contributed by atoms with E-state index in [0.29, 0.717) is 17.8 Å². The van der Waals surface area contributed by atoms with Gasteiger partial charge >= 0.3 is 0 Å². The quantitative estimate of drug-likeness (QED) is 0.423. The topological polar surface area (TPSA) is 105 Å². The summed E-state index contributed by atoms with van der Waals surface area (Å²) in [7, 11) is 0. The summed E-state index contributed by atoms with van der Waals surface area (Å²) >= 11 is 0. The highest BCUT2D eigenvalue weighted by Gasteiger charge is 2.24. The molecule has 152 valence electrons. The number of amides is 1. The zero-order valence-electron chi connectivity index (χ0n) is 16.3. The number of para-hydroxylation sites is 1. The van der Waals surface area contributed by atoms with Gasteiger partial charge in [0.25, 0.3) is 5.69 Å². The number of Topliss-reactive ketones (excluding diaryl/α,β-unsaturated/α-hetero) is 1. The smallest absolute Gasteiger partial charge is 0.293 e. The minimum atomic E-state index is -0.474. The highest BCUT2D eigenvalue weighted by molar-refractivity contribution is 5.95. The second kappa shape index (κ2) is 9.29. The van der Waals surface area contributed by atoms with Gasteiger partial charge in [-0.2, -0.15) is 0 Å². The summed E-state index contributed by atoms with van der Waals surface area (Å²) in [5, 5.41) is 17.5. The third kappa shape index (κ3) is 5.61. The first kappa shape index (κ1) is 20.5. The molecule has 1 aliphatic heterocycles. The SMILES string of the molecule is CC(=O)c1ccc(NC2CCN(CC(=O)Nc3ccccc3)CC2)c([N+](=O)[O-])c1. The molecule has 0 aromatic heterocycles. The van der Waals surface area contributed by atoms with Gasteiger partial charge in [-0.05, 0) is 44.0 Å². The fraction of sp³-hybridized carbons (Fsp3) is 0.333. The minimum Gasteiger partial charge on any atom is -0.377 e. The molecule has 0 bridgehead atoms. The van der Waals surface area contributed by atoms with Crippen molar-refractivity contribution >= 4 is 28.8 Å². The average molecular weight is 396 g/mol. The number of piperidine rings is 1. The van der Waals surface area contributed by atoms with Crippen molar-refractivity contribution in [3.63, 3.8) is 0 Å². The molecule has 2 N–H and O–H groups in total. The van der Waals surface area contributed by atoms with E-state index in [2.05, 4.69) is 15.5 Å². The molecule has 1 heterocycles. The van der Waals surface area contributed by atoms with E-state index in [1.807, 2.05) is 30.3 Å². The van der Waals surface area contributed by atoms with Gasteiger partial charge < -0.3 is 10.6 Å². The number of nitrogens with one attached hydrogen (secondary N) is 2. The maximum Gasteiger partial charge on any atom is 0.293 e. The number of nitro benzene ring substituents is 1. The van der Waals surface area contributed by atoms with Crippen LogP contribution in [0.1, 0.15) is 30.1 Å². The second-order valence-corrected chi connectivity index (χ2v) is 7.15. The highest BCUT2D eigenvalue weighted by atomic mass is 16.6. The molecule has 1 aliphatic rings. The Labute approximate surface area is 169 Å². The average Bonchev–Trinajstić information content (AvgIpc) is 2.70. The molecule has 3 rings (SSSR count). The molecule has 1 fully saturated rings. The van der Waals surface area contributed by atoms with Gasteiger partial charge in [0.2, 0.25) is 5.91 Å². The monoisotopic (exact) mass is 396 g/mol. The summed E-state index contributed by atoms with van der Waals surface area (Å²) in [6.45, 7) is 3.14. The van der Waals surface area contributed by atoms with E-state index in [-0.39, 0.29) is 23.4 Å². The summed E-state index contributed by atoms with van der Waals surface area (Å²) in [5.74, 6) is -0.264. The molecule has 0 spiro atoms. The maximum absolute atomic E-state index is 12.2. The number of likely N-dealkylation sites (tertiary alicyclic amines) is 1. The van der Waals surface area contributed by atoms with Crippen LogP contribution in [0, 0.1) is 10.1 Å². The zero-order valence-corrected chi connectivity index (χ0v) is 16.3. The van der Waals surface area contributed by atoms with Gasteiger partial charge in [0.1, 0.15) is 5.69 Å². The van der Waals surface area contributed by atoms with Crippen LogP contribution in [0.15, 0.2) is 48.5 Å². The summed E-state index contributed by atoms with van der Waals surface area (Å²) in [6, 6.07) is 13.9. The molecule has 0 radical (unpaired) electrons. The van der Waals surface area contributed by atoms with Gasteiger partial charge in [-0.25, -0.2) is 0 Å². The highest BCUT2D eigenvalue weighted by Crippen LogP contribution is 2.28. The van der Waals surface area contributed by atoms with E-state index in [9.17, 15) is 19.7 Å². The molecule has 2 aromatic rings. The number of rotatable bonds is 7. The van der Waals surface area contributed by atoms with Crippen LogP contribution in [0.3, 0.4) is 0 Å². The fourth-order valence-electron chi connectivity index (χ4n) is 3.40. The van der Waals surface area contributed by atoms with Crippen molar-refractivity contribution in [2.24, 2.45) is 0 Å². The number of carbonyl (C=O) groups excluding carboxylic acids is 2. The Morgan fingerprint density at radius 1 is 1.14 bits per heavy atom. The van der Waals surface area contributed by atoms with Crippen LogP contribution >= 0.6 is 0 Å². The van der Waals surface area contributed by atoms with Crippen LogP contribution in [0.4, 0.5) is 17.1 Å². The van der Waals surface area contributed by atoms with E-state index in [4.69, 9.17) is 0 Å². The Morgan fingerprint density at radius 2 is 1.83 bits per heavy atom. The number of hydrogen-bond acceptors (Lipinski definition) is 6. The van der Waals surface area contributed by atoms with Crippen molar-refractivity contribution in [1.82, 2.24) is 4.90 Å². The summed E-state index contributed by atoms with van der Waals surface area (Å²) in [4.78, 5) is 36.6. The van der Waals surface area contributed by atoms with Gasteiger partial charge in [0.05, 0.1) is 11.5 Å². The molecule has 0 aliphatic carbocycles. The lowest BCUT2D eigenvalue weighted by atomic mass is 10.0. The summed E-state index contributed by atoms with van der Waals surface area (Å²) < 4.78 is 0. The third-order valence-corrected chi connectivity index (χ3v) is 4.97. The van der Waals surface area contributed by atoms with Gasteiger partial charge in [-0.3, -0.25) is 24.6 Å². The van der Waals surface area contributed by atoms with Crippen molar-refractivity contribution in [1.29, 1.82) is 0 Å². The lowest BCUT2D eigenvalue weighted by Crippen LogP contribution is -2.42. The molecular weight excluding hydrogens is 372 g/mol. The molecule has 8 heteroatoms. The molecule has 8 nitrogen and oxygen atoms in total. The molecule has 2 aromatic carbocycles. The van der Waals surface area contributed by atoms with Crippen molar-refractivity contribution in [3.05, 3.63) is 64.2 Å². The van der Waals surface area contributed by atoms with Gasteiger partial charge in [0, 0.05) is 36.4 Å². The van der Waals surface area contributed by atoms with Crippen LogP contribution in [-0.4, -0.2) is 47.2 Å². The molecule has 1 amide bonds. The first-order valence-electron chi connectivity index (χ1n) is 9.55. The number of ketones is 1. The first-order chi connectivity index (χ1) is 13.9. The summed E-state index contributed by atoms with van der Waals surface area (Å²) in [5.41, 5.74) is 1.42. The van der Waals surface area contributed by atoms with Crippen LogP contribution in [0.25, 0.3) is 0 Å². The molecule has 1 saturated heterocycles.